The van der Waals surface area contributed by atoms with Crippen molar-refractivity contribution in [3.8, 4) is 0 Å². The first-order valence-electron chi connectivity index (χ1n) is 9.81. The van der Waals surface area contributed by atoms with Gasteiger partial charge in [-0.25, -0.2) is 0 Å². The second-order valence-electron chi connectivity index (χ2n) is 7.59. The van der Waals surface area contributed by atoms with Gasteiger partial charge in [-0.15, -0.1) is 0 Å². The van der Waals surface area contributed by atoms with Crippen molar-refractivity contribution in [1.82, 2.24) is 4.90 Å². The van der Waals surface area contributed by atoms with Crippen LogP contribution in [0.2, 0.25) is 0 Å². The van der Waals surface area contributed by atoms with Crippen molar-refractivity contribution in [2.24, 2.45) is 5.92 Å². The molecule has 1 aliphatic carbocycles. The molecule has 25 heavy (non-hydrogen) atoms. The topological polar surface area (TPSA) is 29.5 Å². The zero-order valence-corrected chi connectivity index (χ0v) is 15.6. The predicted octanol–water partition coefficient (Wildman–Crippen LogP) is 4.54. The molecule has 3 heteroatoms. The second-order valence-corrected chi connectivity index (χ2v) is 7.59. The first-order valence-corrected chi connectivity index (χ1v) is 9.81. The molecular formula is C22H31NO2. The number of likely N-dealkylation sites (tertiary alicyclic amines) is 1. The summed E-state index contributed by atoms with van der Waals surface area (Å²) in [5.74, 6) is 0.0155. The fourth-order valence-corrected chi connectivity index (χ4v) is 4.37. The molecule has 0 saturated carbocycles. The predicted molar refractivity (Wildman–Crippen MR) is 101 cm³/mol. The number of carbonyl (C=O) groups excluding carboxylic acids is 1. The van der Waals surface area contributed by atoms with E-state index in [0.717, 1.165) is 31.4 Å². The lowest BCUT2D eigenvalue weighted by Crippen LogP contribution is -2.36. The second kappa shape index (κ2) is 8.66. The van der Waals surface area contributed by atoms with Crippen LogP contribution in [-0.4, -0.2) is 36.1 Å². The average Bonchev–Trinajstić information content (AvgIpc) is 2.96. The van der Waals surface area contributed by atoms with Crippen molar-refractivity contribution in [2.45, 2.75) is 64.0 Å². The molecule has 4 unspecified atom stereocenters. The lowest BCUT2D eigenvalue weighted by molar-refractivity contribution is -0.147. The van der Waals surface area contributed by atoms with E-state index in [9.17, 15) is 4.79 Å². The van der Waals surface area contributed by atoms with E-state index in [1.807, 2.05) is 18.2 Å². The van der Waals surface area contributed by atoms with Crippen molar-refractivity contribution in [1.29, 1.82) is 0 Å². The van der Waals surface area contributed by atoms with E-state index in [0.29, 0.717) is 18.7 Å². The normalized spacial score (nSPS) is 28.0. The van der Waals surface area contributed by atoms with Crippen molar-refractivity contribution in [2.75, 3.05) is 13.2 Å². The maximum absolute atomic E-state index is 12.9. The number of nitrogens with zero attached hydrogens (tertiary/aromatic N) is 1. The largest absolute Gasteiger partial charge is 0.464 e. The van der Waals surface area contributed by atoms with E-state index >= 15 is 0 Å². The van der Waals surface area contributed by atoms with Gasteiger partial charge >= 0.3 is 5.97 Å². The average molecular weight is 341 g/mol. The highest BCUT2D eigenvalue weighted by atomic mass is 16.5. The molecule has 1 aromatic carbocycles. The van der Waals surface area contributed by atoms with Crippen molar-refractivity contribution in [3.05, 3.63) is 48.0 Å². The molecule has 1 aromatic rings. The van der Waals surface area contributed by atoms with E-state index in [-0.39, 0.29) is 17.8 Å². The van der Waals surface area contributed by atoms with Crippen LogP contribution in [0.25, 0.3) is 0 Å². The van der Waals surface area contributed by atoms with Crippen LogP contribution < -0.4 is 0 Å². The van der Waals surface area contributed by atoms with E-state index in [1.165, 1.54) is 12.8 Å². The van der Waals surface area contributed by atoms with Crippen LogP contribution in [0, 0.1) is 5.92 Å². The van der Waals surface area contributed by atoms with Crippen LogP contribution in [0.15, 0.2) is 42.5 Å². The van der Waals surface area contributed by atoms with Crippen molar-refractivity contribution >= 4 is 5.97 Å². The minimum Gasteiger partial charge on any atom is -0.464 e. The molecule has 1 heterocycles. The summed E-state index contributed by atoms with van der Waals surface area (Å²) in [6.45, 7) is 5.87. The summed E-state index contributed by atoms with van der Waals surface area (Å²) in [6, 6.07) is 11.3. The van der Waals surface area contributed by atoms with Gasteiger partial charge in [0.15, 0.2) is 0 Å². The number of hydrogen-bond acceptors (Lipinski definition) is 3. The number of hydrogen-bond donors (Lipinski definition) is 0. The maximum Gasteiger partial charge on any atom is 0.314 e. The Morgan fingerprint density at radius 1 is 1.16 bits per heavy atom. The number of esters is 1. The summed E-state index contributed by atoms with van der Waals surface area (Å²) in [6.07, 6.45) is 10.3. The Balaban J connectivity index is 1.63. The minimum atomic E-state index is -0.175. The molecule has 1 fully saturated rings. The Bertz CT molecular complexity index is 573. The van der Waals surface area contributed by atoms with Gasteiger partial charge in [0.25, 0.3) is 0 Å². The van der Waals surface area contributed by atoms with Gasteiger partial charge in [0.05, 0.1) is 5.92 Å². The summed E-state index contributed by atoms with van der Waals surface area (Å²) >= 11 is 0. The van der Waals surface area contributed by atoms with Gasteiger partial charge in [0, 0.05) is 18.6 Å². The summed E-state index contributed by atoms with van der Waals surface area (Å²) in [7, 11) is 0. The zero-order valence-electron chi connectivity index (χ0n) is 15.6. The molecule has 0 bridgehead atoms. The van der Waals surface area contributed by atoms with Crippen LogP contribution >= 0.6 is 0 Å². The highest BCUT2D eigenvalue weighted by molar-refractivity contribution is 5.79. The van der Waals surface area contributed by atoms with Gasteiger partial charge in [-0.3, -0.25) is 9.69 Å². The van der Waals surface area contributed by atoms with Crippen LogP contribution in [-0.2, 0) is 9.53 Å². The summed E-state index contributed by atoms with van der Waals surface area (Å²) in [5.41, 5.74) is 1.08. The van der Waals surface area contributed by atoms with Gasteiger partial charge in [-0.1, -0.05) is 42.5 Å². The summed E-state index contributed by atoms with van der Waals surface area (Å²) in [5, 5.41) is 0. The van der Waals surface area contributed by atoms with Gasteiger partial charge < -0.3 is 4.74 Å². The standard InChI is InChI=1S/C22H31NO2/c1-17-13-14-18(2)23(17)15-16-25-22(24)21(19-9-5-3-6-10-19)20-11-7-4-8-12-20/h3,5-7,9-11,17-18,20-21H,4,8,12-16H2,1-2H3. The molecule has 1 saturated heterocycles. The smallest absolute Gasteiger partial charge is 0.314 e. The highest BCUT2D eigenvalue weighted by Gasteiger charge is 2.31. The lowest BCUT2D eigenvalue weighted by Gasteiger charge is -2.28. The van der Waals surface area contributed by atoms with E-state index in [2.05, 4.69) is 43.0 Å². The molecule has 3 nitrogen and oxygen atoms in total. The molecule has 0 aromatic heterocycles. The van der Waals surface area contributed by atoms with Gasteiger partial charge in [-0.05, 0) is 57.4 Å². The van der Waals surface area contributed by atoms with Gasteiger partial charge in [-0.2, -0.15) is 0 Å². The summed E-state index contributed by atoms with van der Waals surface area (Å²) < 4.78 is 5.76. The molecule has 2 aliphatic rings. The molecule has 0 amide bonds. The molecule has 136 valence electrons. The van der Waals surface area contributed by atoms with Crippen LogP contribution in [0.4, 0.5) is 0 Å². The summed E-state index contributed by atoms with van der Waals surface area (Å²) in [4.78, 5) is 15.4. The molecule has 0 N–H and O–H groups in total. The molecular weight excluding hydrogens is 310 g/mol. The van der Waals surface area contributed by atoms with Gasteiger partial charge in [0.2, 0.25) is 0 Å². The minimum absolute atomic E-state index is 0.0674. The van der Waals surface area contributed by atoms with E-state index in [1.54, 1.807) is 0 Å². The van der Waals surface area contributed by atoms with Crippen molar-refractivity contribution < 1.29 is 9.53 Å². The zero-order chi connectivity index (χ0) is 17.6. The number of ether oxygens (including phenoxy) is 1. The Kier molecular flexibility index (Phi) is 6.30. The Morgan fingerprint density at radius 2 is 1.88 bits per heavy atom. The first kappa shape index (κ1) is 18.2. The van der Waals surface area contributed by atoms with Crippen molar-refractivity contribution in [3.63, 3.8) is 0 Å². The third-order valence-corrected chi connectivity index (χ3v) is 5.86. The quantitative estimate of drug-likeness (QED) is 0.562. The van der Waals surface area contributed by atoms with E-state index < -0.39 is 0 Å². The fourth-order valence-electron chi connectivity index (χ4n) is 4.37. The third kappa shape index (κ3) is 4.52. The monoisotopic (exact) mass is 341 g/mol. The number of carbonyl (C=O) groups is 1. The number of allylic oxidation sites excluding steroid dienone is 2. The Hall–Kier alpha value is -1.61. The Morgan fingerprint density at radius 3 is 2.52 bits per heavy atom. The molecule has 1 aliphatic heterocycles. The fraction of sp³-hybridized carbons (Fsp3) is 0.591. The van der Waals surface area contributed by atoms with Crippen LogP contribution in [0.3, 0.4) is 0 Å². The molecule has 0 spiro atoms. The highest BCUT2D eigenvalue weighted by Crippen LogP contribution is 2.33. The van der Waals surface area contributed by atoms with Crippen LogP contribution in [0.5, 0.6) is 0 Å². The molecule has 0 radical (unpaired) electrons. The maximum atomic E-state index is 12.9. The SMILES string of the molecule is CC1CCC(C)N1CCOC(=O)C(c1ccccc1)C1C=CCCC1. The van der Waals surface area contributed by atoms with Gasteiger partial charge in [0.1, 0.15) is 6.61 Å². The third-order valence-electron chi connectivity index (χ3n) is 5.86. The lowest BCUT2D eigenvalue weighted by atomic mass is 9.80. The number of benzene rings is 1. The van der Waals surface area contributed by atoms with E-state index in [4.69, 9.17) is 4.74 Å². The first-order chi connectivity index (χ1) is 12.2. The molecule has 3 rings (SSSR count). The Labute approximate surface area is 152 Å². The number of rotatable bonds is 6. The molecule has 4 atom stereocenters. The van der Waals surface area contributed by atoms with Crippen LogP contribution in [0.1, 0.15) is 57.4 Å².